The highest BCUT2D eigenvalue weighted by atomic mass is 127. The predicted octanol–water partition coefficient (Wildman–Crippen LogP) is 4.65. The SMILES string of the molecule is NC(c1ccc(I)c(Cl)c1)c1ccccc1Cl. The van der Waals surface area contributed by atoms with Gasteiger partial charge >= 0.3 is 0 Å². The van der Waals surface area contributed by atoms with Gasteiger partial charge in [0, 0.05) is 8.59 Å². The van der Waals surface area contributed by atoms with Crippen LogP contribution in [0.2, 0.25) is 10.0 Å². The molecule has 0 saturated carbocycles. The lowest BCUT2D eigenvalue weighted by molar-refractivity contribution is 0.871. The fourth-order valence-electron chi connectivity index (χ4n) is 1.61. The highest BCUT2D eigenvalue weighted by Crippen LogP contribution is 2.29. The average molecular weight is 378 g/mol. The molecule has 2 aromatic carbocycles. The van der Waals surface area contributed by atoms with Crippen molar-refractivity contribution in [1.82, 2.24) is 0 Å². The van der Waals surface area contributed by atoms with Crippen molar-refractivity contribution in [3.05, 3.63) is 67.2 Å². The van der Waals surface area contributed by atoms with E-state index in [0.29, 0.717) is 10.0 Å². The standard InChI is InChI=1S/C13H10Cl2IN/c14-10-4-2-1-3-9(10)13(17)8-5-6-12(16)11(15)7-8/h1-7,13H,17H2. The molecule has 17 heavy (non-hydrogen) atoms. The Bertz CT molecular complexity index is 543. The van der Waals surface area contributed by atoms with Crippen LogP contribution in [0.15, 0.2) is 42.5 Å². The van der Waals surface area contributed by atoms with E-state index < -0.39 is 0 Å². The summed E-state index contributed by atoms with van der Waals surface area (Å²) in [4.78, 5) is 0. The quantitative estimate of drug-likeness (QED) is 0.757. The van der Waals surface area contributed by atoms with E-state index in [0.717, 1.165) is 14.7 Å². The first-order valence-corrected chi connectivity index (χ1v) is 6.88. The Morgan fingerprint density at radius 1 is 1.00 bits per heavy atom. The number of hydrogen-bond donors (Lipinski definition) is 1. The Morgan fingerprint density at radius 2 is 1.71 bits per heavy atom. The molecule has 88 valence electrons. The molecule has 0 aliphatic rings. The van der Waals surface area contributed by atoms with Crippen LogP contribution in [-0.2, 0) is 0 Å². The molecule has 0 aliphatic carbocycles. The molecule has 0 saturated heterocycles. The van der Waals surface area contributed by atoms with Gasteiger partial charge in [0.2, 0.25) is 0 Å². The van der Waals surface area contributed by atoms with Crippen LogP contribution in [0.4, 0.5) is 0 Å². The third-order valence-corrected chi connectivity index (χ3v) is 4.46. The molecular weight excluding hydrogens is 368 g/mol. The Kier molecular flexibility index (Phi) is 4.31. The van der Waals surface area contributed by atoms with E-state index in [1.165, 1.54) is 0 Å². The summed E-state index contributed by atoms with van der Waals surface area (Å²) in [6, 6.07) is 13.1. The lowest BCUT2D eigenvalue weighted by Crippen LogP contribution is -2.12. The van der Waals surface area contributed by atoms with Crippen molar-refractivity contribution in [2.24, 2.45) is 5.73 Å². The molecule has 0 amide bonds. The topological polar surface area (TPSA) is 26.0 Å². The smallest absolute Gasteiger partial charge is 0.0566 e. The fourth-order valence-corrected chi connectivity index (χ4v) is 2.39. The highest BCUT2D eigenvalue weighted by Gasteiger charge is 2.12. The minimum atomic E-state index is -0.252. The minimum Gasteiger partial charge on any atom is -0.320 e. The summed E-state index contributed by atoms with van der Waals surface area (Å²) in [5, 5.41) is 1.39. The van der Waals surface area contributed by atoms with Crippen LogP contribution >= 0.6 is 45.8 Å². The molecule has 1 unspecified atom stereocenters. The van der Waals surface area contributed by atoms with E-state index in [-0.39, 0.29) is 6.04 Å². The van der Waals surface area contributed by atoms with Crippen LogP contribution in [0.3, 0.4) is 0 Å². The molecule has 0 radical (unpaired) electrons. The maximum absolute atomic E-state index is 6.19. The van der Waals surface area contributed by atoms with E-state index in [4.69, 9.17) is 28.9 Å². The van der Waals surface area contributed by atoms with E-state index in [1.807, 2.05) is 42.5 Å². The van der Waals surface area contributed by atoms with Gasteiger partial charge in [-0.25, -0.2) is 0 Å². The van der Waals surface area contributed by atoms with Crippen molar-refractivity contribution >= 4 is 45.8 Å². The summed E-state index contributed by atoms with van der Waals surface area (Å²) in [5.74, 6) is 0. The first-order chi connectivity index (χ1) is 8.09. The van der Waals surface area contributed by atoms with Crippen LogP contribution in [0.5, 0.6) is 0 Å². The maximum Gasteiger partial charge on any atom is 0.0566 e. The molecular formula is C13H10Cl2IN. The van der Waals surface area contributed by atoms with Crippen molar-refractivity contribution in [2.75, 3.05) is 0 Å². The summed E-state index contributed by atoms with van der Waals surface area (Å²) in [6.07, 6.45) is 0. The Labute approximate surface area is 124 Å². The van der Waals surface area contributed by atoms with Gasteiger partial charge in [-0.1, -0.05) is 47.5 Å². The molecule has 2 aromatic rings. The van der Waals surface area contributed by atoms with Crippen molar-refractivity contribution in [1.29, 1.82) is 0 Å². The highest BCUT2D eigenvalue weighted by molar-refractivity contribution is 14.1. The lowest BCUT2D eigenvalue weighted by Gasteiger charge is -2.14. The normalized spacial score (nSPS) is 12.5. The molecule has 2 N–H and O–H groups in total. The van der Waals surface area contributed by atoms with Gasteiger partial charge in [0.25, 0.3) is 0 Å². The molecule has 0 aromatic heterocycles. The first-order valence-electron chi connectivity index (χ1n) is 5.04. The van der Waals surface area contributed by atoms with Crippen LogP contribution in [-0.4, -0.2) is 0 Å². The molecule has 0 aliphatic heterocycles. The number of rotatable bonds is 2. The predicted molar refractivity (Wildman–Crippen MR) is 81.7 cm³/mol. The van der Waals surface area contributed by atoms with E-state index in [1.54, 1.807) is 0 Å². The van der Waals surface area contributed by atoms with Gasteiger partial charge in [0.1, 0.15) is 0 Å². The average Bonchev–Trinajstić information content (AvgIpc) is 2.32. The summed E-state index contributed by atoms with van der Waals surface area (Å²) in [5.41, 5.74) is 8.06. The third kappa shape index (κ3) is 2.94. The van der Waals surface area contributed by atoms with Gasteiger partial charge in [-0.3, -0.25) is 0 Å². The van der Waals surface area contributed by atoms with Gasteiger partial charge in [0.05, 0.1) is 11.1 Å². The second-order valence-corrected chi connectivity index (χ2v) is 5.65. The zero-order valence-electron chi connectivity index (χ0n) is 8.83. The van der Waals surface area contributed by atoms with Gasteiger partial charge in [-0.15, -0.1) is 0 Å². The van der Waals surface area contributed by atoms with Crippen LogP contribution in [0.1, 0.15) is 17.2 Å². The van der Waals surface area contributed by atoms with E-state index >= 15 is 0 Å². The molecule has 0 bridgehead atoms. The largest absolute Gasteiger partial charge is 0.320 e. The van der Waals surface area contributed by atoms with Crippen LogP contribution in [0, 0.1) is 3.57 Å². The second-order valence-electron chi connectivity index (χ2n) is 3.67. The molecule has 0 fully saturated rings. The van der Waals surface area contributed by atoms with Crippen molar-refractivity contribution in [3.63, 3.8) is 0 Å². The molecule has 0 spiro atoms. The van der Waals surface area contributed by atoms with Gasteiger partial charge < -0.3 is 5.73 Å². The number of benzene rings is 2. The van der Waals surface area contributed by atoms with Crippen LogP contribution in [0.25, 0.3) is 0 Å². The Hall–Kier alpha value is -0.290. The third-order valence-electron chi connectivity index (χ3n) is 2.54. The van der Waals surface area contributed by atoms with Crippen LogP contribution < -0.4 is 5.73 Å². The Balaban J connectivity index is 2.40. The van der Waals surface area contributed by atoms with Crippen molar-refractivity contribution in [3.8, 4) is 0 Å². The molecule has 1 nitrogen and oxygen atoms in total. The van der Waals surface area contributed by atoms with E-state index in [9.17, 15) is 0 Å². The van der Waals surface area contributed by atoms with Crippen molar-refractivity contribution < 1.29 is 0 Å². The Morgan fingerprint density at radius 3 is 2.35 bits per heavy atom. The van der Waals surface area contributed by atoms with Gasteiger partial charge in [-0.05, 0) is 51.9 Å². The summed E-state index contributed by atoms with van der Waals surface area (Å²) in [6.45, 7) is 0. The monoisotopic (exact) mass is 377 g/mol. The first kappa shape index (κ1) is 13.1. The zero-order chi connectivity index (χ0) is 12.4. The molecule has 0 heterocycles. The fraction of sp³-hybridized carbons (Fsp3) is 0.0769. The lowest BCUT2D eigenvalue weighted by atomic mass is 10.00. The van der Waals surface area contributed by atoms with Crippen molar-refractivity contribution in [2.45, 2.75) is 6.04 Å². The van der Waals surface area contributed by atoms with Gasteiger partial charge in [-0.2, -0.15) is 0 Å². The van der Waals surface area contributed by atoms with Gasteiger partial charge in [0.15, 0.2) is 0 Å². The molecule has 2 rings (SSSR count). The number of halogens is 3. The zero-order valence-corrected chi connectivity index (χ0v) is 12.5. The number of nitrogens with two attached hydrogens (primary N) is 1. The minimum absolute atomic E-state index is 0.252. The molecule has 4 heteroatoms. The molecule has 1 atom stereocenters. The number of hydrogen-bond acceptors (Lipinski definition) is 1. The summed E-state index contributed by atoms with van der Waals surface area (Å²) in [7, 11) is 0. The maximum atomic E-state index is 6.19. The summed E-state index contributed by atoms with van der Waals surface area (Å²) >= 11 is 14.4. The second kappa shape index (κ2) is 5.57. The summed E-state index contributed by atoms with van der Waals surface area (Å²) < 4.78 is 1.01. The van der Waals surface area contributed by atoms with E-state index in [2.05, 4.69) is 22.6 Å².